The number of fused-ring (bicyclic) bond motifs is 1. The molecule has 142 valence electrons. The molecular weight excluding hydrogens is 354 g/mol. The summed E-state index contributed by atoms with van der Waals surface area (Å²) in [6.45, 7) is 3.85. The second kappa shape index (κ2) is 8.42. The van der Waals surface area contributed by atoms with Crippen molar-refractivity contribution in [2.24, 2.45) is 11.8 Å². The van der Waals surface area contributed by atoms with Gasteiger partial charge in [0.15, 0.2) is 5.16 Å². The molecule has 0 N–H and O–H groups in total. The maximum absolute atomic E-state index is 12.7. The maximum Gasteiger partial charge on any atom is 0.233 e. The lowest BCUT2D eigenvalue weighted by Crippen LogP contribution is -2.45. The Morgan fingerprint density at radius 1 is 1.11 bits per heavy atom. The fourth-order valence-electron chi connectivity index (χ4n) is 4.41. The first-order valence-corrected chi connectivity index (χ1v) is 11.0. The fraction of sp³-hybridized carbons (Fsp3) is 0.500. The predicted molar refractivity (Wildman–Crippen MR) is 110 cm³/mol. The molecule has 2 atom stereocenters. The van der Waals surface area contributed by atoms with E-state index in [1.807, 2.05) is 31.2 Å². The smallest absolute Gasteiger partial charge is 0.233 e. The van der Waals surface area contributed by atoms with E-state index in [4.69, 9.17) is 0 Å². The second-order valence-electron chi connectivity index (χ2n) is 7.76. The second-order valence-corrected chi connectivity index (χ2v) is 8.71. The Labute approximate surface area is 165 Å². The molecule has 1 aliphatic heterocycles. The Morgan fingerprint density at radius 2 is 1.89 bits per heavy atom. The average molecular weight is 382 g/mol. The van der Waals surface area contributed by atoms with Gasteiger partial charge < -0.3 is 4.90 Å². The quantitative estimate of drug-likeness (QED) is 0.574. The maximum atomic E-state index is 12.7. The van der Waals surface area contributed by atoms with Crippen LogP contribution in [-0.4, -0.2) is 39.6 Å². The minimum atomic E-state index is 0.232. The van der Waals surface area contributed by atoms with Gasteiger partial charge in [0.05, 0.1) is 11.4 Å². The summed E-state index contributed by atoms with van der Waals surface area (Å²) in [5.74, 6) is 2.23. The molecule has 1 aliphatic carbocycles. The van der Waals surface area contributed by atoms with E-state index < -0.39 is 0 Å². The monoisotopic (exact) mass is 381 g/mol. The Kier molecular flexibility index (Phi) is 5.77. The van der Waals surface area contributed by atoms with Crippen LogP contribution in [0.15, 0.2) is 41.6 Å². The highest BCUT2D eigenvalue weighted by Gasteiger charge is 2.32. The molecule has 2 fully saturated rings. The van der Waals surface area contributed by atoms with Gasteiger partial charge in [0.25, 0.3) is 0 Å². The van der Waals surface area contributed by atoms with E-state index >= 15 is 0 Å². The van der Waals surface area contributed by atoms with Gasteiger partial charge >= 0.3 is 0 Å². The van der Waals surface area contributed by atoms with E-state index in [1.165, 1.54) is 43.9 Å². The molecule has 0 radical (unpaired) electrons. The van der Waals surface area contributed by atoms with E-state index in [0.717, 1.165) is 41.9 Å². The zero-order chi connectivity index (χ0) is 18.6. The highest BCUT2D eigenvalue weighted by Crippen LogP contribution is 2.36. The Hall–Kier alpha value is -1.88. The van der Waals surface area contributed by atoms with Crippen LogP contribution in [0.3, 0.4) is 0 Å². The third-order valence-corrected chi connectivity index (χ3v) is 6.70. The van der Waals surface area contributed by atoms with Gasteiger partial charge in [-0.2, -0.15) is 0 Å². The van der Waals surface area contributed by atoms with Crippen molar-refractivity contribution in [3.8, 4) is 11.3 Å². The van der Waals surface area contributed by atoms with Gasteiger partial charge in [0.2, 0.25) is 5.91 Å². The summed E-state index contributed by atoms with van der Waals surface area (Å²) < 4.78 is 0. The van der Waals surface area contributed by atoms with Crippen molar-refractivity contribution < 1.29 is 4.79 Å². The zero-order valence-corrected chi connectivity index (χ0v) is 16.8. The molecule has 2 aromatic rings. The molecule has 4 rings (SSSR count). The lowest BCUT2D eigenvalue weighted by atomic mass is 9.75. The predicted octanol–water partition coefficient (Wildman–Crippen LogP) is 4.58. The number of nitrogens with zero attached hydrogens (tertiary/aromatic N) is 3. The molecule has 0 spiro atoms. The minimum absolute atomic E-state index is 0.232. The molecule has 27 heavy (non-hydrogen) atoms. The Balaban J connectivity index is 1.38. The largest absolute Gasteiger partial charge is 0.342 e. The van der Waals surface area contributed by atoms with Crippen molar-refractivity contribution in [3.05, 3.63) is 42.1 Å². The van der Waals surface area contributed by atoms with Gasteiger partial charge in [-0.1, -0.05) is 61.4 Å². The molecule has 0 unspecified atom stereocenters. The molecule has 2 aliphatic rings. The number of carbonyl (C=O) groups is 1. The molecule has 1 amide bonds. The summed E-state index contributed by atoms with van der Waals surface area (Å²) >= 11 is 1.46. The molecule has 4 nitrogen and oxygen atoms in total. The number of piperidine rings is 1. The number of aryl methyl sites for hydroxylation is 1. The summed E-state index contributed by atoms with van der Waals surface area (Å²) in [6.07, 6.45) is 6.54. The molecule has 2 heterocycles. The number of amides is 1. The third-order valence-electron chi connectivity index (χ3n) is 5.87. The van der Waals surface area contributed by atoms with Gasteiger partial charge in [0, 0.05) is 24.3 Å². The third kappa shape index (κ3) is 4.52. The van der Waals surface area contributed by atoms with Crippen molar-refractivity contribution in [1.82, 2.24) is 14.9 Å². The van der Waals surface area contributed by atoms with Crippen LogP contribution < -0.4 is 0 Å². The summed E-state index contributed by atoms with van der Waals surface area (Å²) in [6, 6.07) is 12.1. The van der Waals surface area contributed by atoms with Crippen LogP contribution in [0.4, 0.5) is 0 Å². The van der Waals surface area contributed by atoms with E-state index in [1.54, 1.807) is 0 Å². The molecule has 1 saturated carbocycles. The lowest BCUT2D eigenvalue weighted by Gasteiger charge is -2.41. The number of benzene rings is 1. The van der Waals surface area contributed by atoms with Crippen LogP contribution in [0.25, 0.3) is 11.3 Å². The lowest BCUT2D eigenvalue weighted by molar-refractivity contribution is -0.131. The highest BCUT2D eigenvalue weighted by atomic mass is 32.2. The van der Waals surface area contributed by atoms with Crippen molar-refractivity contribution >= 4 is 17.7 Å². The SMILES string of the molecule is Cc1cc(-c2ccccc2)nc(SCC(=O)N2CC[C@@H]3CCCC[C@@H]3C2)n1. The first kappa shape index (κ1) is 18.5. The number of hydrogen-bond acceptors (Lipinski definition) is 4. The number of thioether (sulfide) groups is 1. The van der Waals surface area contributed by atoms with Crippen molar-refractivity contribution in [2.75, 3.05) is 18.8 Å². The number of rotatable bonds is 4. The zero-order valence-electron chi connectivity index (χ0n) is 15.9. The van der Waals surface area contributed by atoms with E-state index in [-0.39, 0.29) is 5.91 Å². The normalized spacial score (nSPS) is 22.3. The van der Waals surface area contributed by atoms with Gasteiger partial charge in [-0.05, 0) is 37.7 Å². The topological polar surface area (TPSA) is 46.1 Å². The first-order chi connectivity index (χ1) is 13.2. The molecular formula is C22H27N3OS. The van der Waals surface area contributed by atoms with Crippen LogP contribution in [0.5, 0.6) is 0 Å². The molecule has 1 saturated heterocycles. The van der Waals surface area contributed by atoms with Crippen molar-refractivity contribution in [2.45, 2.75) is 44.2 Å². The summed E-state index contributed by atoms with van der Waals surface area (Å²) in [5.41, 5.74) is 2.93. The fourth-order valence-corrected chi connectivity index (χ4v) is 5.21. The number of aromatic nitrogens is 2. The summed E-state index contributed by atoms with van der Waals surface area (Å²) in [7, 11) is 0. The van der Waals surface area contributed by atoms with Gasteiger partial charge in [-0.3, -0.25) is 4.79 Å². The summed E-state index contributed by atoms with van der Waals surface area (Å²) in [5, 5.41) is 0.690. The number of likely N-dealkylation sites (tertiary alicyclic amines) is 1. The molecule has 5 heteroatoms. The van der Waals surface area contributed by atoms with Crippen LogP contribution in [0, 0.1) is 18.8 Å². The van der Waals surface area contributed by atoms with Crippen LogP contribution in [0.2, 0.25) is 0 Å². The van der Waals surface area contributed by atoms with Crippen LogP contribution in [-0.2, 0) is 4.79 Å². The van der Waals surface area contributed by atoms with E-state index in [9.17, 15) is 4.79 Å². The van der Waals surface area contributed by atoms with Crippen molar-refractivity contribution in [3.63, 3.8) is 0 Å². The number of hydrogen-bond donors (Lipinski definition) is 0. The highest BCUT2D eigenvalue weighted by molar-refractivity contribution is 7.99. The van der Waals surface area contributed by atoms with Crippen LogP contribution >= 0.6 is 11.8 Å². The van der Waals surface area contributed by atoms with E-state index in [0.29, 0.717) is 10.9 Å². The van der Waals surface area contributed by atoms with Gasteiger partial charge in [-0.25, -0.2) is 9.97 Å². The van der Waals surface area contributed by atoms with Gasteiger partial charge in [-0.15, -0.1) is 0 Å². The molecule has 1 aromatic heterocycles. The standard InChI is InChI=1S/C22H27N3OS/c1-16-13-20(18-8-3-2-4-9-18)24-22(23-16)27-15-21(26)25-12-11-17-7-5-6-10-19(17)14-25/h2-4,8-9,13,17,19H,5-7,10-12,14-15H2,1H3/t17-,19+/m0/s1. The van der Waals surface area contributed by atoms with E-state index in [2.05, 4.69) is 27.0 Å². The van der Waals surface area contributed by atoms with Crippen LogP contribution in [0.1, 0.15) is 37.8 Å². The minimum Gasteiger partial charge on any atom is -0.342 e. The average Bonchev–Trinajstić information content (AvgIpc) is 2.72. The number of carbonyl (C=O) groups excluding carboxylic acids is 1. The molecule has 0 bridgehead atoms. The Bertz CT molecular complexity index is 795. The van der Waals surface area contributed by atoms with Gasteiger partial charge in [0.1, 0.15) is 0 Å². The Morgan fingerprint density at radius 3 is 2.70 bits per heavy atom. The molecule has 1 aromatic carbocycles. The first-order valence-electron chi connectivity index (χ1n) is 10.0. The van der Waals surface area contributed by atoms with Crippen molar-refractivity contribution in [1.29, 1.82) is 0 Å². The summed E-state index contributed by atoms with van der Waals surface area (Å²) in [4.78, 5) is 24.0.